The fourth-order valence-corrected chi connectivity index (χ4v) is 2.91. The summed E-state index contributed by atoms with van der Waals surface area (Å²) in [6.45, 7) is 1.93. The van der Waals surface area contributed by atoms with Gasteiger partial charge in [-0.15, -0.1) is 0 Å². The van der Waals surface area contributed by atoms with E-state index >= 15 is 0 Å². The van der Waals surface area contributed by atoms with Gasteiger partial charge in [0.15, 0.2) is 6.10 Å². The number of carbonyl (C=O) groups is 2. The summed E-state index contributed by atoms with van der Waals surface area (Å²) in [7, 11) is 0. The van der Waals surface area contributed by atoms with E-state index in [9.17, 15) is 9.59 Å². The smallest absolute Gasteiger partial charge is 0.331 e. The summed E-state index contributed by atoms with van der Waals surface area (Å²) in [5.41, 5.74) is 2.22. The molecule has 152 valence electrons. The summed E-state index contributed by atoms with van der Waals surface area (Å²) >= 11 is 6.12. The largest absolute Gasteiger partial charge is 0.489 e. The normalized spacial score (nSPS) is 11.8. The number of ketones is 1. The average molecular weight is 421 g/mol. The zero-order chi connectivity index (χ0) is 21.3. The quantitative estimate of drug-likeness (QED) is 0.264. The number of carbonyl (C=O) groups excluding carboxylic acids is 2. The van der Waals surface area contributed by atoms with Gasteiger partial charge in [-0.1, -0.05) is 72.3 Å². The summed E-state index contributed by atoms with van der Waals surface area (Å²) in [5, 5.41) is 0.663. The lowest BCUT2D eigenvalue weighted by molar-refractivity contribution is -0.140. The molecule has 30 heavy (non-hydrogen) atoms. The minimum atomic E-state index is -0.856. The molecule has 4 nitrogen and oxygen atoms in total. The summed E-state index contributed by atoms with van der Waals surface area (Å²) < 4.78 is 10.9. The van der Waals surface area contributed by atoms with E-state index in [2.05, 4.69) is 0 Å². The number of benzene rings is 3. The van der Waals surface area contributed by atoms with E-state index in [1.807, 2.05) is 54.6 Å². The molecule has 5 heteroatoms. The second-order valence-corrected chi connectivity index (χ2v) is 7.00. The predicted molar refractivity (Wildman–Crippen MR) is 118 cm³/mol. The van der Waals surface area contributed by atoms with Crippen molar-refractivity contribution in [2.45, 2.75) is 19.6 Å². The van der Waals surface area contributed by atoms with Crippen molar-refractivity contribution < 1.29 is 19.1 Å². The molecular formula is C25H21ClO4. The van der Waals surface area contributed by atoms with Crippen LogP contribution < -0.4 is 4.74 Å². The molecule has 1 atom stereocenters. The molecule has 0 aromatic heterocycles. The average Bonchev–Trinajstić information content (AvgIpc) is 2.78. The number of hydrogen-bond donors (Lipinski definition) is 0. The highest BCUT2D eigenvalue weighted by molar-refractivity contribution is 6.31. The van der Waals surface area contributed by atoms with Crippen molar-refractivity contribution in [1.82, 2.24) is 0 Å². The topological polar surface area (TPSA) is 52.6 Å². The number of hydrogen-bond acceptors (Lipinski definition) is 4. The Kier molecular flexibility index (Phi) is 7.41. The van der Waals surface area contributed by atoms with Crippen molar-refractivity contribution in [2.75, 3.05) is 0 Å². The zero-order valence-electron chi connectivity index (χ0n) is 16.5. The molecular weight excluding hydrogens is 400 g/mol. The lowest BCUT2D eigenvalue weighted by Gasteiger charge is -2.10. The van der Waals surface area contributed by atoms with Gasteiger partial charge in [-0.25, -0.2) is 4.79 Å². The molecule has 0 spiro atoms. The Hall–Kier alpha value is -3.37. The van der Waals surface area contributed by atoms with Gasteiger partial charge in [0.2, 0.25) is 5.78 Å². The van der Waals surface area contributed by atoms with Crippen LogP contribution in [0.15, 0.2) is 84.9 Å². The van der Waals surface area contributed by atoms with Crippen molar-refractivity contribution in [3.05, 3.63) is 107 Å². The lowest BCUT2D eigenvalue weighted by atomic mass is 10.1. The molecule has 0 saturated heterocycles. The van der Waals surface area contributed by atoms with Crippen molar-refractivity contribution in [2.24, 2.45) is 0 Å². The van der Waals surface area contributed by atoms with Gasteiger partial charge in [-0.05, 0) is 36.8 Å². The molecule has 0 saturated carbocycles. The highest BCUT2D eigenvalue weighted by Gasteiger charge is 2.17. The summed E-state index contributed by atoms with van der Waals surface area (Å²) in [5.74, 6) is -0.125. The Morgan fingerprint density at radius 3 is 2.30 bits per heavy atom. The fraction of sp³-hybridized carbons (Fsp3) is 0.120. The first-order valence-corrected chi connectivity index (χ1v) is 9.85. The highest BCUT2D eigenvalue weighted by Crippen LogP contribution is 2.19. The first-order chi connectivity index (χ1) is 14.5. The minimum Gasteiger partial charge on any atom is -0.489 e. The SMILES string of the molecule is CC(OC(=O)C=Cc1ccc(OCc2ccccc2Cl)cc1)C(=O)c1ccccc1. The number of ether oxygens (including phenoxy) is 2. The Labute approximate surface area is 180 Å². The van der Waals surface area contributed by atoms with Crippen molar-refractivity contribution in [3.63, 3.8) is 0 Å². The number of esters is 1. The van der Waals surface area contributed by atoms with E-state index in [0.717, 1.165) is 11.1 Å². The van der Waals surface area contributed by atoms with Crippen LogP contribution in [0.4, 0.5) is 0 Å². The van der Waals surface area contributed by atoms with E-state index in [1.54, 1.807) is 37.3 Å². The Balaban J connectivity index is 1.51. The van der Waals surface area contributed by atoms with Crippen molar-refractivity contribution in [1.29, 1.82) is 0 Å². The summed E-state index contributed by atoms with van der Waals surface area (Å²) in [4.78, 5) is 24.3. The summed E-state index contributed by atoms with van der Waals surface area (Å²) in [6.07, 6.45) is 2.07. The van der Waals surface area contributed by atoms with E-state index in [4.69, 9.17) is 21.1 Å². The zero-order valence-corrected chi connectivity index (χ0v) is 17.2. The van der Waals surface area contributed by atoms with Gasteiger partial charge < -0.3 is 9.47 Å². The molecule has 3 aromatic carbocycles. The molecule has 0 N–H and O–H groups in total. The molecule has 0 aliphatic rings. The van der Waals surface area contributed by atoms with E-state index in [-0.39, 0.29) is 5.78 Å². The molecule has 0 aliphatic carbocycles. The van der Waals surface area contributed by atoms with Crippen LogP contribution in [0, 0.1) is 0 Å². The van der Waals surface area contributed by atoms with E-state index < -0.39 is 12.1 Å². The minimum absolute atomic E-state index is 0.239. The molecule has 3 rings (SSSR count). The van der Waals surface area contributed by atoms with Gasteiger partial charge in [-0.3, -0.25) is 4.79 Å². The fourth-order valence-electron chi connectivity index (χ4n) is 2.72. The highest BCUT2D eigenvalue weighted by atomic mass is 35.5. The third kappa shape index (κ3) is 6.06. The molecule has 0 radical (unpaired) electrons. The van der Waals surface area contributed by atoms with Gasteiger partial charge in [0.25, 0.3) is 0 Å². The Morgan fingerprint density at radius 2 is 1.60 bits per heavy atom. The molecule has 0 fully saturated rings. The van der Waals surface area contributed by atoms with Crippen LogP contribution in [0.1, 0.15) is 28.4 Å². The Morgan fingerprint density at radius 1 is 0.933 bits per heavy atom. The molecule has 0 bridgehead atoms. The van der Waals surface area contributed by atoms with Gasteiger partial charge in [0.05, 0.1) is 0 Å². The standard InChI is InChI=1S/C25H21ClO4/c1-18(25(28)20-7-3-2-4-8-20)30-24(27)16-13-19-11-14-22(15-12-19)29-17-21-9-5-6-10-23(21)26/h2-16,18H,17H2,1H3. The molecule has 1 unspecified atom stereocenters. The first-order valence-electron chi connectivity index (χ1n) is 9.47. The Bertz CT molecular complexity index is 1030. The van der Waals surface area contributed by atoms with Crippen LogP contribution in [0.5, 0.6) is 5.75 Å². The maximum atomic E-state index is 12.3. The molecule has 0 aliphatic heterocycles. The number of rotatable bonds is 8. The predicted octanol–water partition coefficient (Wildman–Crippen LogP) is 5.75. The van der Waals surface area contributed by atoms with Crippen LogP contribution in [0.3, 0.4) is 0 Å². The van der Waals surface area contributed by atoms with Crippen LogP contribution in [-0.2, 0) is 16.1 Å². The van der Waals surface area contributed by atoms with Crippen LogP contribution >= 0.6 is 11.6 Å². The van der Waals surface area contributed by atoms with Crippen LogP contribution in [0.2, 0.25) is 5.02 Å². The maximum absolute atomic E-state index is 12.3. The molecule has 0 heterocycles. The van der Waals surface area contributed by atoms with Crippen LogP contribution in [-0.4, -0.2) is 17.9 Å². The number of halogens is 1. The van der Waals surface area contributed by atoms with Gasteiger partial charge in [0.1, 0.15) is 12.4 Å². The maximum Gasteiger partial charge on any atom is 0.331 e. The number of Topliss-reactive ketones (excluding diaryl/α,β-unsaturated/α-hetero) is 1. The first kappa shape index (κ1) is 21.3. The lowest BCUT2D eigenvalue weighted by Crippen LogP contribution is -2.23. The third-order valence-electron chi connectivity index (χ3n) is 4.36. The van der Waals surface area contributed by atoms with E-state index in [0.29, 0.717) is 22.9 Å². The second kappa shape index (κ2) is 10.4. The third-order valence-corrected chi connectivity index (χ3v) is 4.73. The summed E-state index contributed by atoms with van der Waals surface area (Å²) in [6, 6.07) is 23.5. The van der Waals surface area contributed by atoms with Gasteiger partial charge in [-0.2, -0.15) is 0 Å². The van der Waals surface area contributed by atoms with Crippen molar-refractivity contribution in [3.8, 4) is 5.75 Å². The van der Waals surface area contributed by atoms with Gasteiger partial charge in [0, 0.05) is 22.2 Å². The monoisotopic (exact) mass is 420 g/mol. The second-order valence-electron chi connectivity index (χ2n) is 6.59. The van der Waals surface area contributed by atoms with Crippen LogP contribution in [0.25, 0.3) is 6.08 Å². The van der Waals surface area contributed by atoms with Gasteiger partial charge >= 0.3 is 5.97 Å². The van der Waals surface area contributed by atoms with Crippen molar-refractivity contribution >= 4 is 29.4 Å². The van der Waals surface area contributed by atoms with E-state index in [1.165, 1.54) is 6.08 Å². The molecule has 3 aromatic rings. The molecule has 0 amide bonds.